The van der Waals surface area contributed by atoms with Gasteiger partial charge in [-0.3, -0.25) is 0 Å². The average Bonchev–Trinajstić information content (AvgIpc) is 3.33. The molecule has 0 bridgehead atoms. The van der Waals surface area contributed by atoms with Gasteiger partial charge in [-0.25, -0.2) is 0 Å². The molecular formula is C17H20N4O4S. The van der Waals surface area contributed by atoms with Gasteiger partial charge in [0.05, 0.1) is 20.0 Å². The van der Waals surface area contributed by atoms with Crippen LogP contribution in [0.3, 0.4) is 0 Å². The van der Waals surface area contributed by atoms with Gasteiger partial charge in [0.15, 0.2) is 17.3 Å². The number of aryl methyl sites for hydroxylation is 1. The van der Waals surface area contributed by atoms with Crippen LogP contribution in [-0.2, 0) is 12.2 Å². The Morgan fingerprint density at radius 1 is 1.12 bits per heavy atom. The number of hydrogen-bond acceptors (Lipinski definition) is 9. The molecule has 2 heterocycles. The lowest BCUT2D eigenvalue weighted by molar-refractivity contribution is 0.355. The molecule has 8 nitrogen and oxygen atoms in total. The Labute approximate surface area is 155 Å². The molecule has 0 unspecified atom stereocenters. The molecule has 3 aromatic rings. The zero-order chi connectivity index (χ0) is 18.4. The molecule has 9 heteroatoms. The second-order valence-corrected chi connectivity index (χ2v) is 6.37. The number of benzene rings is 1. The first kappa shape index (κ1) is 18.2. The minimum Gasteiger partial charge on any atom is -0.493 e. The number of ether oxygens (including phenoxy) is 2. The maximum atomic E-state index is 5.69. The minimum absolute atomic E-state index is 0.405. The third-order valence-corrected chi connectivity index (χ3v) is 4.42. The molecule has 0 radical (unpaired) electrons. The quantitative estimate of drug-likeness (QED) is 0.517. The molecule has 3 rings (SSSR count). The van der Waals surface area contributed by atoms with Crippen molar-refractivity contribution in [2.24, 2.45) is 0 Å². The van der Waals surface area contributed by atoms with Crippen molar-refractivity contribution in [2.45, 2.75) is 37.2 Å². The van der Waals surface area contributed by atoms with Crippen LogP contribution < -0.4 is 9.47 Å². The summed E-state index contributed by atoms with van der Waals surface area (Å²) >= 11 is 1.35. The normalized spacial score (nSPS) is 10.9. The number of hydrogen-bond donors (Lipinski definition) is 0. The van der Waals surface area contributed by atoms with Crippen molar-refractivity contribution < 1.29 is 18.4 Å². The number of unbranched alkanes of at least 4 members (excludes halogenated alkanes) is 1. The fourth-order valence-corrected chi connectivity index (χ4v) is 2.86. The Morgan fingerprint density at radius 3 is 2.73 bits per heavy atom. The van der Waals surface area contributed by atoms with E-state index >= 15 is 0 Å². The van der Waals surface area contributed by atoms with Gasteiger partial charge in [-0.2, -0.15) is 4.98 Å². The summed E-state index contributed by atoms with van der Waals surface area (Å²) in [5.74, 6) is 3.41. The molecule has 1 aromatic carbocycles. The van der Waals surface area contributed by atoms with Crippen molar-refractivity contribution in [3.8, 4) is 23.0 Å². The van der Waals surface area contributed by atoms with E-state index in [0.29, 0.717) is 34.3 Å². The van der Waals surface area contributed by atoms with Crippen LogP contribution in [0.25, 0.3) is 11.5 Å². The Bertz CT molecular complexity index is 849. The van der Waals surface area contributed by atoms with E-state index in [-0.39, 0.29) is 0 Å². The van der Waals surface area contributed by atoms with Gasteiger partial charge >= 0.3 is 0 Å². The second kappa shape index (κ2) is 8.70. The van der Waals surface area contributed by atoms with Crippen molar-refractivity contribution in [3.05, 3.63) is 29.9 Å². The standard InChI is InChI=1S/C17H20N4O4S/c1-4-5-6-14-18-15(25-21-14)10-26-17-20-19-16(24-17)11-7-8-12(22-2)13(9-11)23-3/h7-9H,4-6,10H2,1-3H3. The van der Waals surface area contributed by atoms with E-state index in [9.17, 15) is 0 Å². The SMILES string of the molecule is CCCCc1noc(CSc2nnc(-c3ccc(OC)c(OC)c3)o2)n1. The number of aromatic nitrogens is 4. The minimum atomic E-state index is 0.405. The summed E-state index contributed by atoms with van der Waals surface area (Å²) in [4.78, 5) is 4.35. The van der Waals surface area contributed by atoms with E-state index in [2.05, 4.69) is 27.3 Å². The lowest BCUT2D eigenvalue weighted by Crippen LogP contribution is -1.90. The summed E-state index contributed by atoms with van der Waals surface area (Å²) in [6.45, 7) is 2.13. The van der Waals surface area contributed by atoms with Crippen molar-refractivity contribution >= 4 is 11.8 Å². The molecule has 0 aliphatic rings. The lowest BCUT2D eigenvalue weighted by Gasteiger charge is -2.07. The molecule has 0 aliphatic heterocycles. The molecule has 0 amide bonds. The van der Waals surface area contributed by atoms with Crippen LogP contribution in [0.15, 0.2) is 32.4 Å². The van der Waals surface area contributed by atoms with Gasteiger partial charge < -0.3 is 18.4 Å². The predicted octanol–water partition coefficient (Wildman–Crippen LogP) is 3.77. The van der Waals surface area contributed by atoms with Gasteiger partial charge in [-0.1, -0.05) is 30.3 Å². The highest BCUT2D eigenvalue weighted by Crippen LogP contribution is 2.33. The fourth-order valence-electron chi connectivity index (χ4n) is 2.26. The van der Waals surface area contributed by atoms with Crippen LogP contribution in [0.5, 0.6) is 11.5 Å². The zero-order valence-corrected chi connectivity index (χ0v) is 15.7. The summed E-state index contributed by atoms with van der Waals surface area (Å²) in [7, 11) is 3.17. The molecule has 0 saturated carbocycles. The topological polar surface area (TPSA) is 96.3 Å². The van der Waals surface area contributed by atoms with Gasteiger partial charge in [-0.15, -0.1) is 10.2 Å². The summed E-state index contributed by atoms with van der Waals surface area (Å²) in [5, 5.41) is 12.5. The maximum Gasteiger partial charge on any atom is 0.277 e. The van der Waals surface area contributed by atoms with Crippen molar-refractivity contribution in [1.29, 1.82) is 0 Å². The largest absolute Gasteiger partial charge is 0.493 e. The Balaban J connectivity index is 1.64. The molecule has 0 N–H and O–H groups in total. The Morgan fingerprint density at radius 2 is 1.96 bits per heavy atom. The Kier molecular flexibility index (Phi) is 6.11. The average molecular weight is 376 g/mol. The highest BCUT2D eigenvalue weighted by molar-refractivity contribution is 7.98. The summed E-state index contributed by atoms with van der Waals surface area (Å²) < 4.78 is 21.4. The molecule has 0 saturated heterocycles. The Hall–Kier alpha value is -2.55. The van der Waals surface area contributed by atoms with E-state index in [1.807, 2.05) is 6.07 Å². The van der Waals surface area contributed by atoms with Crippen molar-refractivity contribution in [3.63, 3.8) is 0 Å². The molecule has 26 heavy (non-hydrogen) atoms. The highest BCUT2D eigenvalue weighted by atomic mass is 32.2. The van der Waals surface area contributed by atoms with E-state index in [1.54, 1.807) is 26.4 Å². The number of nitrogens with zero attached hydrogens (tertiary/aromatic N) is 4. The summed E-state index contributed by atoms with van der Waals surface area (Å²) in [6, 6.07) is 5.42. The molecule has 138 valence electrons. The summed E-state index contributed by atoms with van der Waals surface area (Å²) in [6.07, 6.45) is 2.97. The van der Waals surface area contributed by atoms with Crippen LogP contribution in [0.2, 0.25) is 0 Å². The molecule has 0 spiro atoms. The summed E-state index contributed by atoms with van der Waals surface area (Å²) in [5.41, 5.74) is 0.752. The first-order valence-corrected chi connectivity index (χ1v) is 9.22. The lowest BCUT2D eigenvalue weighted by atomic mass is 10.2. The van der Waals surface area contributed by atoms with Gasteiger partial charge in [0.2, 0.25) is 11.8 Å². The van der Waals surface area contributed by atoms with Gasteiger partial charge in [0.1, 0.15) is 0 Å². The predicted molar refractivity (Wildman–Crippen MR) is 95.3 cm³/mol. The second-order valence-electron chi connectivity index (χ2n) is 5.44. The first-order chi connectivity index (χ1) is 12.7. The highest BCUT2D eigenvalue weighted by Gasteiger charge is 2.14. The number of rotatable bonds is 9. The zero-order valence-electron chi connectivity index (χ0n) is 14.9. The van der Waals surface area contributed by atoms with Gasteiger partial charge in [0, 0.05) is 12.0 Å². The molecule has 0 aliphatic carbocycles. The van der Waals surface area contributed by atoms with Crippen LogP contribution >= 0.6 is 11.8 Å². The van der Waals surface area contributed by atoms with Crippen LogP contribution in [0.4, 0.5) is 0 Å². The molecule has 2 aromatic heterocycles. The van der Waals surface area contributed by atoms with Crippen LogP contribution in [-0.4, -0.2) is 34.6 Å². The number of thioether (sulfide) groups is 1. The first-order valence-electron chi connectivity index (χ1n) is 8.23. The van der Waals surface area contributed by atoms with E-state index < -0.39 is 0 Å². The van der Waals surface area contributed by atoms with Gasteiger partial charge in [-0.05, 0) is 24.6 Å². The fraction of sp³-hybridized carbons (Fsp3) is 0.412. The maximum absolute atomic E-state index is 5.69. The van der Waals surface area contributed by atoms with Crippen molar-refractivity contribution in [1.82, 2.24) is 20.3 Å². The third-order valence-electron chi connectivity index (χ3n) is 3.62. The number of methoxy groups -OCH3 is 2. The van der Waals surface area contributed by atoms with Crippen LogP contribution in [0, 0.1) is 0 Å². The van der Waals surface area contributed by atoms with E-state index in [0.717, 1.165) is 30.7 Å². The molecular weight excluding hydrogens is 356 g/mol. The molecule has 0 fully saturated rings. The van der Waals surface area contributed by atoms with Gasteiger partial charge in [0.25, 0.3) is 5.22 Å². The monoisotopic (exact) mass is 376 g/mol. The van der Waals surface area contributed by atoms with E-state index in [4.69, 9.17) is 18.4 Å². The van der Waals surface area contributed by atoms with Crippen molar-refractivity contribution in [2.75, 3.05) is 14.2 Å². The van der Waals surface area contributed by atoms with Crippen LogP contribution in [0.1, 0.15) is 31.5 Å². The van der Waals surface area contributed by atoms with E-state index in [1.165, 1.54) is 11.8 Å². The molecule has 0 atom stereocenters. The third kappa shape index (κ3) is 4.34. The smallest absolute Gasteiger partial charge is 0.277 e.